The summed E-state index contributed by atoms with van der Waals surface area (Å²) in [6.45, 7) is 1.76. The van der Waals surface area contributed by atoms with Gasteiger partial charge in [-0.1, -0.05) is 34.1 Å². The summed E-state index contributed by atoms with van der Waals surface area (Å²) in [4.78, 5) is 11.2. The number of carbonyl (C=O) groups is 1. The van der Waals surface area contributed by atoms with E-state index in [1.165, 1.54) is 0 Å². The van der Waals surface area contributed by atoms with E-state index in [9.17, 15) is 9.18 Å². The molecule has 0 spiro atoms. The number of nitrogens with two attached hydrogens (primary N) is 1. The minimum Gasteiger partial charge on any atom is -0.464 e. The number of carbonyl (C=O) groups excluding carboxylic acids is 1. The van der Waals surface area contributed by atoms with E-state index in [0.29, 0.717) is 10.0 Å². The lowest BCUT2D eigenvalue weighted by Gasteiger charge is -2.16. The first kappa shape index (κ1) is 16.4. The second-order valence-corrected chi connectivity index (χ2v) is 4.06. The van der Waals surface area contributed by atoms with E-state index in [1.807, 2.05) is 0 Å². The maximum absolute atomic E-state index is 13.6. The minimum absolute atomic E-state index is 0. The molecule has 2 atom stereocenters. The number of rotatable bonds is 4. The molecule has 0 amide bonds. The van der Waals surface area contributed by atoms with Gasteiger partial charge in [0.2, 0.25) is 6.17 Å². The molecule has 0 aliphatic rings. The van der Waals surface area contributed by atoms with Crippen LogP contribution in [0.25, 0.3) is 0 Å². The van der Waals surface area contributed by atoms with Gasteiger partial charge in [-0.3, -0.25) is 0 Å². The predicted octanol–water partition coefficient (Wildman–Crippen LogP) is 2.77. The molecule has 1 unspecified atom stereocenters. The van der Waals surface area contributed by atoms with Gasteiger partial charge in [-0.15, -0.1) is 12.4 Å². The third kappa shape index (κ3) is 4.26. The van der Waals surface area contributed by atoms with Crippen LogP contribution in [0.5, 0.6) is 0 Å². The van der Waals surface area contributed by atoms with Crippen molar-refractivity contribution in [3.8, 4) is 0 Å². The first-order chi connectivity index (χ1) is 7.57. The van der Waals surface area contributed by atoms with E-state index in [0.717, 1.165) is 0 Å². The van der Waals surface area contributed by atoms with Crippen LogP contribution in [0.4, 0.5) is 4.39 Å². The fourth-order valence-corrected chi connectivity index (χ4v) is 1.82. The standard InChI is InChI=1S/C11H13BrFNO2.ClH/c1-2-16-11(15)9(13)10(14)7-5-3-4-6-8(7)12;/h3-6,9-10H,2,14H2,1H3;1H/t9?,10-;/m1./s1. The van der Waals surface area contributed by atoms with Crippen molar-refractivity contribution >= 4 is 34.3 Å². The highest BCUT2D eigenvalue weighted by molar-refractivity contribution is 9.10. The van der Waals surface area contributed by atoms with E-state index in [-0.39, 0.29) is 19.0 Å². The normalized spacial score (nSPS) is 13.4. The molecule has 0 aliphatic carbocycles. The quantitative estimate of drug-likeness (QED) is 0.866. The van der Waals surface area contributed by atoms with Gasteiger partial charge in [0.25, 0.3) is 0 Å². The zero-order valence-electron chi connectivity index (χ0n) is 9.23. The van der Waals surface area contributed by atoms with Gasteiger partial charge in [-0.2, -0.15) is 0 Å². The number of alkyl halides is 1. The van der Waals surface area contributed by atoms with E-state index >= 15 is 0 Å². The van der Waals surface area contributed by atoms with Crippen molar-refractivity contribution in [1.82, 2.24) is 0 Å². The molecule has 6 heteroatoms. The molecule has 0 aliphatic heterocycles. The van der Waals surface area contributed by atoms with Gasteiger partial charge >= 0.3 is 5.97 Å². The highest BCUT2D eigenvalue weighted by Gasteiger charge is 2.28. The number of esters is 1. The fraction of sp³-hybridized carbons (Fsp3) is 0.364. The van der Waals surface area contributed by atoms with E-state index in [2.05, 4.69) is 20.7 Å². The molecule has 1 aromatic rings. The van der Waals surface area contributed by atoms with E-state index in [4.69, 9.17) is 5.73 Å². The molecule has 0 saturated carbocycles. The molecule has 3 nitrogen and oxygen atoms in total. The van der Waals surface area contributed by atoms with Crippen LogP contribution in [0.2, 0.25) is 0 Å². The molecule has 0 bridgehead atoms. The molecule has 1 rings (SSSR count). The van der Waals surface area contributed by atoms with Gasteiger partial charge in [0.15, 0.2) is 0 Å². The number of ether oxygens (including phenoxy) is 1. The number of benzene rings is 1. The van der Waals surface area contributed by atoms with Gasteiger partial charge in [0, 0.05) is 4.47 Å². The summed E-state index contributed by atoms with van der Waals surface area (Å²) in [5, 5.41) is 0. The molecule has 0 fully saturated rings. The Kier molecular flexibility index (Phi) is 7.34. The van der Waals surface area contributed by atoms with Crippen molar-refractivity contribution in [1.29, 1.82) is 0 Å². The highest BCUT2D eigenvalue weighted by atomic mass is 79.9. The summed E-state index contributed by atoms with van der Waals surface area (Å²) in [6.07, 6.45) is -1.85. The molecule has 2 N–H and O–H groups in total. The maximum Gasteiger partial charge on any atom is 0.342 e. The van der Waals surface area contributed by atoms with Crippen LogP contribution in [0.15, 0.2) is 28.7 Å². The average molecular weight is 327 g/mol. The van der Waals surface area contributed by atoms with Crippen LogP contribution in [0, 0.1) is 0 Å². The number of hydrogen-bond donors (Lipinski definition) is 1. The second kappa shape index (κ2) is 7.63. The SMILES string of the molecule is CCOC(=O)C(F)[C@H](N)c1ccccc1Br.Cl. The van der Waals surface area contributed by atoms with Crippen molar-refractivity contribution in [2.75, 3.05) is 6.61 Å². The average Bonchev–Trinajstić information content (AvgIpc) is 2.28. The molecular formula is C11H14BrClFNO2. The zero-order valence-corrected chi connectivity index (χ0v) is 11.6. The lowest BCUT2D eigenvalue weighted by Crippen LogP contribution is -2.31. The first-order valence-corrected chi connectivity index (χ1v) is 5.68. The third-order valence-electron chi connectivity index (χ3n) is 2.09. The Hall–Kier alpha value is -0.650. The van der Waals surface area contributed by atoms with Crippen molar-refractivity contribution in [3.05, 3.63) is 34.3 Å². The molecule has 17 heavy (non-hydrogen) atoms. The van der Waals surface area contributed by atoms with Gasteiger partial charge in [0.05, 0.1) is 12.6 Å². The molecule has 0 radical (unpaired) electrons. The summed E-state index contributed by atoms with van der Waals surface area (Å²) in [7, 11) is 0. The van der Waals surface area contributed by atoms with Gasteiger partial charge in [-0.05, 0) is 18.6 Å². The van der Waals surface area contributed by atoms with Crippen molar-refractivity contribution in [2.45, 2.75) is 19.1 Å². The van der Waals surface area contributed by atoms with Crippen LogP contribution < -0.4 is 5.73 Å². The predicted molar refractivity (Wildman–Crippen MR) is 69.8 cm³/mol. The third-order valence-corrected chi connectivity index (χ3v) is 2.81. The Bertz CT molecular complexity index is 378. The topological polar surface area (TPSA) is 52.3 Å². The van der Waals surface area contributed by atoms with Crippen LogP contribution >= 0.6 is 28.3 Å². The van der Waals surface area contributed by atoms with Gasteiger partial charge in [0.1, 0.15) is 0 Å². The van der Waals surface area contributed by atoms with Crippen molar-refractivity contribution in [3.63, 3.8) is 0 Å². The maximum atomic E-state index is 13.6. The van der Waals surface area contributed by atoms with Crippen LogP contribution in [-0.4, -0.2) is 18.7 Å². The molecule has 0 heterocycles. The fourth-order valence-electron chi connectivity index (χ4n) is 1.27. The molecule has 0 saturated heterocycles. The van der Waals surface area contributed by atoms with Crippen molar-refractivity contribution < 1.29 is 13.9 Å². The van der Waals surface area contributed by atoms with Crippen LogP contribution in [0.1, 0.15) is 18.5 Å². The molecule has 96 valence electrons. The first-order valence-electron chi connectivity index (χ1n) is 4.88. The Balaban J connectivity index is 0.00000256. The largest absolute Gasteiger partial charge is 0.464 e. The Labute approximate surface area is 114 Å². The van der Waals surface area contributed by atoms with E-state index in [1.54, 1.807) is 31.2 Å². The van der Waals surface area contributed by atoms with Crippen molar-refractivity contribution in [2.24, 2.45) is 5.73 Å². The Morgan fingerprint density at radius 2 is 2.12 bits per heavy atom. The van der Waals surface area contributed by atoms with E-state index < -0.39 is 18.2 Å². The number of halogens is 3. The Morgan fingerprint density at radius 1 is 1.53 bits per heavy atom. The Morgan fingerprint density at radius 3 is 2.65 bits per heavy atom. The van der Waals surface area contributed by atoms with Gasteiger partial charge < -0.3 is 10.5 Å². The highest BCUT2D eigenvalue weighted by Crippen LogP contribution is 2.25. The lowest BCUT2D eigenvalue weighted by atomic mass is 10.0. The summed E-state index contributed by atoms with van der Waals surface area (Å²) in [6, 6.07) is 5.92. The summed E-state index contributed by atoms with van der Waals surface area (Å²) in [5.41, 5.74) is 6.21. The number of hydrogen-bond acceptors (Lipinski definition) is 3. The summed E-state index contributed by atoms with van der Waals surface area (Å²) >= 11 is 3.25. The molecular weight excluding hydrogens is 312 g/mol. The summed E-state index contributed by atoms with van der Waals surface area (Å²) < 4.78 is 18.9. The second-order valence-electron chi connectivity index (χ2n) is 3.20. The molecule has 1 aromatic carbocycles. The zero-order chi connectivity index (χ0) is 12.1. The smallest absolute Gasteiger partial charge is 0.342 e. The van der Waals surface area contributed by atoms with Crippen LogP contribution in [0.3, 0.4) is 0 Å². The minimum atomic E-state index is -1.85. The lowest BCUT2D eigenvalue weighted by molar-refractivity contribution is -0.149. The summed E-state index contributed by atoms with van der Waals surface area (Å²) in [5.74, 6) is -0.925. The molecule has 0 aromatic heterocycles. The van der Waals surface area contributed by atoms with Crippen LogP contribution in [-0.2, 0) is 9.53 Å². The monoisotopic (exact) mass is 325 g/mol. The van der Waals surface area contributed by atoms with Gasteiger partial charge in [-0.25, -0.2) is 9.18 Å².